The quantitative estimate of drug-likeness (QED) is 0.391. The number of hydrogen-bond donors (Lipinski definition) is 1. The van der Waals surface area contributed by atoms with Crippen LogP contribution in [0.4, 0.5) is 11.4 Å². The minimum atomic E-state index is -0.748. The summed E-state index contributed by atoms with van der Waals surface area (Å²) < 4.78 is 4.93. The molecule has 2 aromatic rings. The Balaban J connectivity index is 2.30. The number of hydrogen-bond acceptors (Lipinski definition) is 6. The van der Waals surface area contributed by atoms with Gasteiger partial charge in [-0.3, -0.25) is 19.9 Å². The van der Waals surface area contributed by atoms with Gasteiger partial charge in [0.25, 0.3) is 11.6 Å². The molecule has 8 heteroatoms. The molecule has 0 unspecified atom stereocenters. The van der Waals surface area contributed by atoms with Crippen molar-refractivity contribution in [2.75, 3.05) is 12.4 Å². The number of benzene rings is 1. The maximum atomic E-state index is 12.2. The Bertz CT molecular complexity index is 841. The fraction of sp³-hybridized carbons (Fsp3) is 0.0625. The predicted molar refractivity (Wildman–Crippen MR) is 86.1 cm³/mol. The summed E-state index contributed by atoms with van der Waals surface area (Å²) in [4.78, 5) is 26.5. The molecule has 0 aliphatic carbocycles. The van der Waals surface area contributed by atoms with Gasteiger partial charge >= 0.3 is 0 Å². The summed E-state index contributed by atoms with van der Waals surface area (Å²) in [5.74, 6) is -0.463. The summed E-state index contributed by atoms with van der Waals surface area (Å²) >= 11 is 0. The van der Waals surface area contributed by atoms with Crippen molar-refractivity contribution >= 4 is 23.4 Å². The number of carbonyl (C=O) groups excluding carboxylic acids is 1. The first-order valence-corrected chi connectivity index (χ1v) is 6.70. The minimum Gasteiger partial charge on any atom is -0.496 e. The average molecular weight is 324 g/mol. The Kier molecular flexibility index (Phi) is 5.20. The van der Waals surface area contributed by atoms with E-state index in [1.54, 1.807) is 18.2 Å². The van der Waals surface area contributed by atoms with E-state index in [0.717, 1.165) is 0 Å². The number of anilines is 1. The third-order valence-electron chi connectivity index (χ3n) is 3.03. The summed E-state index contributed by atoms with van der Waals surface area (Å²) in [6, 6.07) is 9.03. The maximum absolute atomic E-state index is 12.2. The van der Waals surface area contributed by atoms with Gasteiger partial charge in [0.2, 0.25) is 0 Å². The zero-order valence-corrected chi connectivity index (χ0v) is 12.6. The number of aromatic nitrogens is 1. The van der Waals surface area contributed by atoms with Crippen LogP contribution in [0.25, 0.3) is 6.08 Å². The number of nitrogens with zero attached hydrogens (tertiary/aromatic N) is 3. The summed E-state index contributed by atoms with van der Waals surface area (Å²) in [6.45, 7) is 0. The zero-order valence-electron chi connectivity index (χ0n) is 12.6. The van der Waals surface area contributed by atoms with E-state index in [2.05, 4.69) is 10.3 Å². The normalized spacial score (nSPS) is 10.6. The second-order valence-electron chi connectivity index (χ2n) is 4.54. The van der Waals surface area contributed by atoms with E-state index in [1.165, 1.54) is 43.8 Å². The zero-order chi connectivity index (χ0) is 17.5. The highest BCUT2D eigenvalue weighted by Gasteiger charge is 2.19. The lowest BCUT2D eigenvalue weighted by molar-refractivity contribution is -0.384. The highest BCUT2D eigenvalue weighted by molar-refractivity contribution is 6.10. The van der Waals surface area contributed by atoms with Gasteiger partial charge in [0.1, 0.15) is 23.1 Å². The van der Waals surface area contributed by atoms with Gasteiger partial charge in [0.05, 0.1) is 18.1 Å². The highest BCUT2D eigenvalue weighted by atomic mass is 16.6. The average Bonchev–Trinajstić information content (AvgIpc) is 2.60. The van der Waals surface area contributed by atoms with Crippen molar-refractivity contribution < 1.29 is 14.5 Å². The number of rotatable bonds is 5. The molecular weight excluding hydrogens is 312 g/mol. The summed E-state index contributed by atoms with van der Waals surface area (Å²) in [5, 5.41) is 22.6. The number of nitro benzene ring substituents is 1. The Labute approximate surface area is 137 Å². The molecule has 0 saturated carbocycles. The van der Waals surface area contributed by atoms with E-state index in [-0.39, 0.29) is 22.7 Å². The molecule has 1 amide bonds. The van der Waals surface area contributed by atoms with Crippen molar-refractivity contribution in [3.05, 3.63) is 64.0 Å². The number of ether oxygens (including phenoxy) is 1. The molecule has 24 heavy (non-hydrogen) atoms. The molecule has 0 bridgehead atoms. The third-order valence-corrected chi connectivity index (χ3v) is 3.03. The van der Waals surface area contributed by atoms with Crippen molar-refractivity contribution in [3.63, 3.8) is 0 Å². The van der Waals surface area contributed by atoms with Crippen molar-refractivity contribution in [1.29, 1.82) is 5.26 Å². The molecule has 0 atom stereocenters. The molecule has 8 nitrogen and oxygen atoms in total. The number of nitrogens with one attached hydrogen (secondary N) is 1. The van der Waals surface area contributed by atoms with Crippen molar-refractivity contribution in [3.8, 4) is 11.8 Å². The van der Waals surface area contributed by atoms with Gasteiger partial charge in [-0.1, -0.05) is 0 Å². The van der Waals surface area contributed by atoms with Gasteiger partial charge in [-0.05, 0) is 35.9 Å². The lowest BCUT2D eigenvalue weighted by atomic mass is 10.1. The topological polar surface area (TPSA) is 118 Å². The van der Waals surface area contributed by atoms with Gasteiger partial charge in [0, 0.05) is 12.4 Å². The molecule has 0 spiro atoms. The van der Waals surface area contributed by atoms with Crippen LogP contribution in [-0.2, 0) is 4.79 Å². The Morgan fingerprint density at radius 1 is 1.38 bits per heavy atom. The SMILES string of the molecule is COc1ccc(NC(=O)C(C#N)=Cc2ccncc2)c([N+](=O)[O-])c1. The van der Waals surface area contributed by atoms with Crippen LogP contribution in [-0.4, -0.2) is 22.9 Å². The van der Waals surface area contributed by atoms with E-state index in [4.69, 9.17) is 10.00 Å². The standard InChI is InChI=1S/C16H12N4O4/c1-24-13-2-3-14(15(9-13)20(22)23)19-16(21)12(10-17)8-11-4-6-18-7-5-11/h2-9H,1H3,(H,19,21). The first-order valence-electron chi connectivity index (χ1n) is 6.70. The fourth-order valence-electron chi connectivity index (χ4n) is 1.86. The van der Waals surface area contributed by atoms with E-state index in [0.29, 0.717) is 5.56 Å². The Hall–Kier alpha value is -3.73. The smallest absolute Gasteiger partial charge is 0.296 e. The first kappa shape index (κ1) is 16.6. The van der Waals surface area contributed by atoms with Gasteiger partial charge in [-0.15, -0.1) is 0 Å². The van der Waals surface area contributed by atoms with Crippen molar-refractivity contribution in [1.82, 2.24) is 4.98 Å². The maximum Gasteiger partial charge on any atom is 0.296 e. The van der Waals surface area contributed by atoms with Crippen molar-refractivity contribution in [2.45, 2.75) is 0 Å². The van der Waals surface area contributed by atoms with Crippen LogP contribution >= 0.6 is 0 Å². The van der Waals surface area contributed by atoms with Gasteiger partial charge in [-0.25, -0.2) is 0 Å². The molecule has 0 radical (unpaired) electrons. The predicted octanol–water partition coefficient (Wildman–Crippen LogP) is 2.54. The molecule has 0 aliphatic heterocycles. The van der Waals surface area contributed by atoms with Crippen LogP contribution in [0.5, 0.6) is 5.75 Å². The van der Waals surface area contributed by atoms with E-state index >= 15 is 0 Å². The lowest BCUT2D eigenvalue weighted by Gasteiger charge is -2.07. The molecule has 1 aromatic heterocycles. The number of pyridine rings is 1. The number of methoxy groups -OCH3 is 1. The molecule has 0 saturated heterocycles. The highest BCUT2D eigenvalue weighted by Crippen LogP contribution is 2.29. The Morgan fingerprint density at radius 2 is 2.08 bits per heavy atom. The van der Waals surface area contributed by atoms with E-state index in [1.807, 2.05) is 0 Å². The van der Waals surface area contributed by atoms with Crippen molar-refractivity contribution in [2.24, 2.45) is 0 Å². The Morgan fingerprint density at radius 3 is 2.67 bits per heavy atom. The first-order chi connectivity index (χ1) is 11.5. The molecule has 0 fully saturated rings. The van der Waals surface area contributed by atoms with Gasteiger partial charge < -0.3 is 10.1 Å². The fourth-order valence-corrected chi connectivity index (χ4v) is 1.86. The molecular formula is C16H12N4O4. The molecule has 2 rings (SSSR count). The summed E-state index contributed by atoms with van der Waals surface area (Å²) in [5.41, 5.74) is 0.0674. The summed E-state index contributed by atoms with van der Waals surface area (Å²) in [6.07, 6.45) is 4.41. The van der Waals surface area contributed by atoms with Crippen LogP contribution in [0.2, 0.25) is 0 Å². The number of nitro groups is 1. The van der Waals surface area contributed by atoms with Crippen LogP contribution in [0, 0.1) is 21.4 Å². The number of carbonyl (C=O) groups is 1. The third kappa shape index (κ3) is 3.92. The van der Waals surface area contributed by atoms with Crippen LogP contribution in [0.3, 0.4) is 0 Å². The minimum absolute atomic E-state index is 0.0262. The second-order valence-corrected chi connectivity index (χ2v) is 4.54. The van der Waals surface area contributed by atoms with Crippen LogP contribution < -0.4 is 10.1 Å². The number of amides is 1. The van der Waals surface area contributed by atoms with E-state index < -0.39 is 10.8 Å². The van der Waals surface area contributed by atoms with Gasteiger partial charge in [0.15, 0.2) is 0 Å². The monoisotopic (exact) mass is 324 g/mol. The lowest BCUT2D eigenvalue weighted by Crippen LogP contribution is -2.14. The molecule has 0 aliphatic rings. The molecule has 1 heterocycles. The second kappa shape index (κ2) is 7.51. The van der Waals surface area contributed by atoms with E-state index in [9.17, 15) is 14.9 Å². The number of nitriles is 1. The largest absolute Gasteiger partial charge is 0.496 e. The molecule has 120 valence electrons. The van der Waals surface area contributed by atoms with Gasteiger partial charge in [-0.2, -0.15) is 5.26 Å². The van der Waals surface area contributed by atoms with Crippen LogP contribution in [0.1, 0.15) is 5.56 Å². The molecule has 1 N–H and O–H groups in total. The van der Waals surface area contributed by atoms with Crippen LogP contribution in [0.15, 0.2) is 48.3 Å². The molecule has 1 aromatic carbocycles. The summed E-state index contributed by atoms with van der Waals surface area (Å²) in [7, 11) is 1.38.